The maximum Gasteiger partial charge on any atom is 0.175 e. The van der Waals surface area contributed by atoms with Crippen molar-refractivity contribution in [2.75, 3.05) is 19.8 Å². The molecule has 0 bridgehead atoms. The summed E-state index contributed by atoms with van der Waals surface area (Å²) in [5.41, 5.74) is 0.879. The minimum atomic E-state index is -3.09. The lowest BCUT2D eigenvalue weighted by atomic mass is 10.1. The van der Waals surface area contributed by atoms with Crippen molar-refractivity contribution in [3.63, 3.8) is 0 Å². The lowest BCUT2D eigenvalue weighted by Crippen LogP contribution is -2.12. The number of hydrogen-bond donors (Lipinski definition) is 1. The molecule has 0 unspecified atom stereocenters. The standard InChI is InChI=1S/C10H15NO2S/c1-11-8-7-9-5-3-4-6-10(9)14(2,12)13/h3-6,11H,7-8H2,1-2H3. The average Bonchev–Trinajstić information content (AvgIpc) is 2.14. The van der Waals surface area contributed by atoms with Crippen molar-refractivity contribution < 1.29 is 8.42 Å². The molecule has 14 heavy (non-hydrogen) atoms. The molecule has 0 aliphatic rings. The van der Waals surface area contributed by atoms with Crippen molar-refractivity contribution in [3.05, 3.63) is 29.8 Å². The minimum absolute atomic E-state index is 0.440. The number of sulfone groups is 1. The Bertz CT molecular complexity index is 398. The van der Waals surface area contributed by atoms with Gasteiger partial charge in [-0.1, -0.05) is 18.2 Å². The Balaban J connectivity index is 3.04. The summed E-state index contributed by atoms with van der Waals surface area (Å²) >= 11 is 0. The van der Waals surface area contributed by atoms with E-state index >= 15 is 0 Å². The Morgan fingerprint density at radius 3 is 2.50 bits per heavy atom. The summed E-state index contributed by atoms with van der Waals surface area (Å²) in [6.07, 6.45) is 1.98. The molecule has 1 rings (SSSR count). The molecule has 0 atom stereocenters. The van der Waals surface area contributed by atoms with E-state index in [4.69, 9.17) is 0 Å². The quantitative estimate of drug-likeness (QED) is 0.806. The van der Waals surface area contributed by atoms with Crippen molar-refractivity contribution in [3.8, 4) is 0 Å². The van der Waals surface area contributed by atoms with Gasteiger partial charge >= 0.3 is 0 Å². The van der Waals surface area contributed by atoms with Crippen LogP contribution >= 0.6 is 0 Å². The first-order valence-corrected chi connectivity index (χ1v) is 6.37. The van der Waals surface area contributed by atoms with Crippen LogP contribution in [0, 0.1) is 0 Å². The SMILES string of the molecule is CNCCc1ccccc1S(C)(=O)=O. The van der Waals surface area contributed by atoms with Gasteiger partial charge in [-0.05, 0) is 31.6 Å². The van der Waals surface area contributed by atoms with Crippen LogP contribution in [0.1, 0.15) is 5.56 Å². The van der Waals surface area contributed by atoms with Crippen LogP contribution in [0.5, 0.6) is 0 Å². The Labute approximate surface area is 85.1 Å². The van der Waals surface area contributed by atoms with Crippen LogP contribution in [0.15, 0.2) is 29.2 Å². The molecule has 78 valence electrons. The fourth-order valence-electron chi connectivity index (χ4n) is 1.33. The van der Waals surface area contributed by atoms with E-state index in [1.807, 2.05) is 19.2 Å². The Kier molecular flexibility index (Phi) is 3.66. The lowest BCUT2D eigenvalue weighted by molar-refractivity contribution is 0.600. The van der Waals surface area contributed by atoms with Crippen LogP contribution < -0.4 is 5.32 Å². The summed E-state index contributed by atoms with van der Waals surface area (Å²) in [5, 5.41) is 3.00. The van der Waals surface area contributed by atoms with Crippen LogP contribution in [0.3, 0.4) is 0 Å². The van der Waals surface area contributed by atoms with E-state index in [1.165, 1.54) is 6.26 Å². The fraction of sp³-hybridized carbons (Fsp3) is 0.400. The molecule has 0 heterocycles. The predicted octanol–water partition coefficient (Wildman–Crippen LogP) is 0.852. The van der Waals surface area contributed by atoms with Crippen LogP contribution in [0.25, 0.3) is 0 Å². The maximum atomic E-state index is 11.4. The van der Waals surface area contributed by atoms with Gasteiger partial charge in [0.05, 0.1) is 4.90 Å². The summed E-state index contributed by atoms with van der Waals surface area (Å²) < 4.78 is 22.8. The number of hydrogen-bond acceptors (Lipinski definition) is 3. The van der Waals surface area contributed by atoms with Crippen LogP contribution in [-0.4, -0.2) is 28.3 Å². The second-order valence-corrected chi connectivity index (χ2v) is 5.22. The van der Waals surface area contributed by atoms with Crippen LogP contribution in [0.4, 0.5) is 0 Å². The van der Waals surface area contributed by atoms with E-state index in [0.29, 0.717) is 4.90 Å². The van der Waals surface area contributed by atoms with Crippen molar-refractivity contribution >= 4 is 9.84 Å². The molecular weight excluding hydrogens is 198 g/mol. The molecule has 0 aliphatic carbocycles. The zero-order valence-electron chi connectivity index (χ0n) is 8.45. The van der Waals surface area contributed by atoms with Gasteiger partial charge in [0.2, 0.25) is 0 Å². The summed E-state index contributed by atoms with van der Waals surface area (Å²) in [6.45, 7) is 0.784. The van der Waals surface area contributed by atoms with Crippen LogP contribution in [0.2, 0.25) is 0 Å². The van der Waals surface area contributed by atoms with Crippen molar-refractivity contribution in [1.29, 1.82) is 0 Å². The Morgan fingerprint density at radius 2 is 1.93 bits per heavy atom. The third-order valence-corrected chi connectivity index (χ3v) is 3.21. The largest absolute Gasteiger partial charge is 0.319 e. The molecule has 1 aromatic carbocycles. The molecule has 1 aromatic rings. The lowest BCUT2D eigenvalue weighted by Gasteiger charge is -2.06. The molecule has 4 heteroatoms. The van der Waals surface area contributed by atoms with Crippen molar-refractivity contribution in [2.24, 2.45) is 0 Å². The zero-order chi connectivity index (χ0) is 10.6. The van der Waals surface area contributed by atoms with Gasteiger partial charge in [0, 0.05) is 6.26 Å². The summed E-state index contributed by atoms with van der Waals surface area (Å²) in [7, 11) is -1.24. The highest BCUT2D eigenvalue weighted by Gasteiger charge is 2.11. The van der Waals surface area contributed by atoms with E-state index in [1.54, 1.807) is 12.1 Å². The number of likely N-dealkylation sites (N-methyl/N-ethyl adjacent to an activating group) is 1. The van der Waals surface area contributed by atoms with Crippen molar-refractivity contribution in [1.82, 2.24) is 5.32 Å². The second-order valence-electron chi connectivity index (χ2n) is 3.23. The Hall–Kier alpha value is -0.870. The highest BCUT2D eigenvalue weighted by atomic mass is 32.2. The fourth-order valence-corrected chi connectivity index (χ4v) is 2.30. The second kappa shape index (κ2) is 4.57. The van der Waals surface area contributed by atoms with Gasteiger partial charge < -0.3 is 5.32 Å². The molecule has 1 N–H and O–H groups in total. The number of nitrogens with one attached hydrogen (secondary N) is 1. The molecule has 0 fully saturated rings. The molecule has 0 saturated heterocycles. The maximum absolute atomic E-state index is 11.4. The molecule has 0 amide bonds. The van der Waals surface area contributed by atoms with Gasteiger partial charge in [0.25, 0.3) is 0 Å². The first kappa shape index (κ1) is 11.2. The van der Waals surface area contributed by atoms with Gasteiger partial charge in [0.1, 0.15) is 0 Å². The van der Waals surface area contributed by atoms with Gasteiger partial charge in [-0.15, -0.1) is 0 Å². The number of rotatable bonds is 4. The van der Waals surface area contributed by atoms with Gasteiger partial charge in [-0.3, -0.25) is 0 Å². The Morgan fingerprint density at radius 1 is 1.29 bits per heavy atom. The third-order valence-electron chi connectivity index (χ3n) is 2.02. The average molecular weight is 213 g/mol. The van der Waals surface area contributed by atoms with Gasteiger partial charge in [-0.2, -0.15) is 0 Å². The van der Waals surface area contributed by atoms with Gasteiger partial charge in [-0.25, -0.2) is 8.42 Å². The molecule has 0 spiro atoms. The molecule has 0 radical (unpaired) electrons. The summed E-state index contributed by atoms with van der Waals surface area (Å²) in [5.74, 6) is 0. The molecule has 0 saturated carbocycles. The normalized spacial score (nSPS) is 11.6. The molecule has 0 aliphatic heterocycles. The third kappa shape index (κ3) is 2.82. The summed E-state index contributed by atoms with van der Waals surface area (Å²) in [6, 6.07) is 7.12. The summed E-state index contributed by atoms with van der Waals surface area (Å²) in [4.78, 5) is 0.440. The monoisotopic (exact) mass is 213 g/mol. The first-order valence-electron chi connectivity index (χ1n) is 4.48. The number of benzene rings is 1. The smallest absolute Gasteiger partial charge is 0.175 e. The molecular formula is C10H15NO2S. The topological polar surface area (TPSA) is 46.2 Å². The van der Waals surface area contributed by atoms with E-state index in [2.05, 4.69) is 5.32 Å². The minimum Gasteiger partial charge on any atom is -0.319 e. The zero-order valence-corrected chi connectivity index (χ0v) is 9.26. The predicted molar refractivity (Wildman–Crippen MR) is 57.2 cm³/mol. The van der Waals surface area contributed by atoms with E-state index in [-0.39, 0.29) is 0 Å². The first-order chi connectivity index (χ1) is 6.55. The van der Waals surface area contributed by atoms with Crippen molar-refractivity contribution in [2.45, 2.75) is 11.3 Å². The van der Waals surface area contributed by atoms with E-state index in [9.17, 15) is 8.42 Å². The highest BCUT2D eigenvalue weighted by molar-refractivity contribution is 7.90. The van der Waals surface area contributed by atoms with E-state index in [0.717, 1.165) is 18.5 Å². The van der Waals surface area contributed by atoms with Crippen LogP contribution in [-0.2, 0) is 16.3 Å². The van der Waals surface area contributed by atoms with E-state index < -0.39 is 9.84 Å². The molecule has 3 nitrogen and oxygen atoms in total. The van der Waals surface area contributed by atoms with Gasteiger partial charge in [0.15, 0.2) is 9.84 Å². The highest BCUT2D eigenvalue weighted by Crippen LogP contribution is 2.15. The molecule has 0 aromatic heterocycles.